The highest BCUT2D eigenvalue weighted by Crippen LogP contribution is 2.35. The van der Waals surface area contributed by atoms with Gasteiger partial charge in [-0.05, 0) is 30.9 Å². The molecule has 0 bridgehead atoms. The van der Waals surface area contributed by atoms with Gasteiger partial charge in [0.1, 0.15) is 6.26 Å². The topological polar surface area (TPSA) is 102 Å². The largest absolute Gasteiger partial charge is 0.490 e. The lowest BCUT2D eigenvalue weighted by molar-refractivity contribution is -0.192. The lowest BCUT2D eigenvalue weighted by Crippen LogP contribution is -2.51. The molecule has 1 aliphatic carbocycles. The normalized spacial score (nSPS) is 22.8. The van der Waals surface area contributed by atoms with Gasteiger partial charge in [-0.2, -0.15) is 13.2 Å². The van der Waals surface area contributed by atoms with Gasteiger partial charge in [-0.1, -0.05) is 6.07 Å². The molecule has 2 fully saturated rings. The molecule has 2 aliphatic rings. The number of carboxylic acids is 1. The Morgan fingerprint density at radius 3 is 2.65 bits per heavy atom. The number of nitrogens with zero attached hydrogens (tertiary/aromatic N) is 2. The molecule has 1 saturated carbocycles. The first-order valence-corrected chi connectivity index (χ1v) is 9.54. The molecule has 0 radical (unpaired) electrons. The molecule has 8 nitrogen and oxygen atoms in total. The van der Waals surface area contributed by atoms with E-state index < -0.39 is 12.1 Å². The predicted molar refractivity (Wildman–Crippen MR) is 99.4 cm³/mol. The van der Waals surface area contributed by atoms with E-state index in [1.807, 2.05) is 23.1 Å². The Kier molecular flexibility index (Phi) is 7.16. The van der Waals surface area contributed by atoms with E-state index in [1.54, 1.807) is 12.3 Å². The molecule has 168 valence electrons. The molecule has 4 rings (SSSR count). The molecule has 1 aliphatic heterocycles. The predicted octanol–water partition coefficient (Wildman–Crippen LogP) is 3.01. The summed E-state index contributed by atoms with van der Waals surface area (Å²) in [4.78, 5) is 27.7. The Balaban J connectivity index is 0.000000339. The monoisotopic (exact) mass is 442 g/mol. The Morgan fingerprint density at radius 2 is 2.03 bits per heavy atom. The number of hydrogen-bond acceptors (Lipinski definition) is 6. The van der Waals surface area contributed by atoms with E-state index in [2.05, 4.69) is 4.98 Å². The van der Waals surface area contributed by atoms with Crippen molar-refractivity contribution in [3.8, 4) is 5.88 Å². The summed E-state index contributed by atoms with van der Waals surface area (Å²) in [6.45, 7) is 1.80. The maximum atomic E-state index is 12.7. The van der Waals surface area contributed by atoms with Crippen LogP contribution >= 0.6 is 0 Å². The van der Waals surface area contributed by atoms with Crippen LogP contribution in [0, 0.1) is 5.92 Å². The summed E-state index contributed by atoms with van der Waals surface area (Å²) in [6.07, 6.45) is 1.56. The van der Waals surface area contributed by atoms with Gasteiger partial charge in [0.15, 0.2) is 0 Å². The van der Waals surface area contributed by atoms with Crippen molar-refractivity contribution in [3.05, 3.63) is 48.6 Å². The number of amides is 1. The highest BCUT2D eigenvalue weighted by atomic mass is 19.4. The summed E-state index contributed by atoms with van der Waals surface area (Å²) in [6, 6.07) is 7.45. The number of fused-ring (bicyclic) bond motifs is 1. The SMILES string of the molecule is O=C(O)C(F)(F)F.O=C(c1ccoc1)N1CCOC2CC(COc3ccccn3)CC21. The zero-order valence-corrected chi connectivity index (χ0v) is 16.3. The average molecular weight is 442 g/mol. The van der Waals surface area contributed by atoms with E-state index in [-0.39, 0.29) is 18.1 Å². The fraction of sp³-hybridized carbons (Fsp3) is 0.450. The fourth-order valence-corrected chi connectivity index (χ4v) is 3.63. The third-order valence-electron chi connectivity index (χ3n) is 5.01. The van der Waals surface area contributed by atoms with Crippen LogP contribution in [0.15, 0.2) is 47.4 Å². The molecule has 3 atom stereocenters. The zero-order chi connectivity index (χ0) is 22.4. The van der Waals surface area contributed by atoms with Gasteiger partial charge in [-0.15, -0.1) is 0 Å². The van der Waals surface area contributed by atoms with E-state index in [4.69, 9.17) is 23.8 Å². The molecule has 1 N–H and O–H groups in total. The van der Waals surface area contributed by atoms with Gasteiger partial charge in [-0.25, -0.2) is 9.78 Å². The van der Waals surface area contributed by atoms with Crippen molar-refractivity contribution in [2.75, 3.05) is 19.8 Å². The number of carbonyl (C=O) groups excluding carboxylic acids is 1. The Hall–Kier alpha value is -3.08. The number of rotatable bonds is 4. The van der Waals surface area contributed by atoms with E-state index >= 15 is 0 Å². The van der Waals surface area contributed by atoms with Crippen LogP contribution in [0.5, 0.6) is 5.88 Å². The Bertz CT molecular complexity index is 860. The Morgan fingerprint density at radius 1 is 1.26 bits per heavy atom. The molecular formula is C20H21F3N2O6. The molecular weight excluding hydrogens is 421 g/mol. The molecule has 31 heavy (non-hydrogen) atoms. The van der Waals surface area contributed by atoms with Crippen LogP contribution in [0.1, 0.15) is 23.2 Å². The van der Waals surface area contributed by atoms with Crippen molar-refractivity contribution in [1.29, 1.82) is 0 Å². The van der Waals surface area contributed by atoms with Gasteiger partial charge in [0.25, 0.3) is 5.91 Å². The quantitative estimate of drug-likeness (QED) is 0.777. The molecule has 11 heteroatoms. The van der Waals surface area contributed by atoms with Gasteiger partial charge < -0.3 is 23.9 Å². The number of aromatic nitrogens is 1. The number of halogens is 3. The van der Waals surface area contributed by atoms with Crippen molar-refractivity contribution in [2.24, 2.45) is 5.92 Å². The molecule has 0 aromatic carbocycles. The summed E-state index contributed by atoms with van der Waals surface area (Å²) < 4.78 is 48.4. The van der Waals surface area contributed by atoms with E-state index in [0.29, 0.717) is 37.1 Å². The number of alkyl halides is 3. The number of hydrogen-bond donors (Lipinski definition) is 1. The second kappa shape index (κ2) is 9.82. The highest BCUT2D eigenvalue weighted by molar-refractivity contribution is 5.94. The number of ether oxygens (including phenoxy) is 2. The molecule has 2 aromatic rings. The number of pyridine rings is 1. The lowest BCUT2D eigenvalue weighted by atomic mass is 10.1. The summed E-state index contributed by atoms with van der Waals surface area (Å²) in [5.74, 6) is -1.74. The molecule has 1 saturated heterocycles. The van der Waals surface area contributed by atoms with Crippen molar-refractivity contribution < 1.29 is 41.8 Å². The van der Waals surface area contributed by atoms with Crippen molar-refractivity contribution >= 4 is 11.9 Å². The fourth-order valence-electron chi connectivity index (χ4n) is 3.63. The number of aliphatic carboxylic acids is 1. The van der Waals surface area contributed by atoms with Crippen molar-refractivity contribution in [1.82, 2.24) is 9.88 Å². The highest BCUT2D eigenvalue weighted by Gasteiger charge is 2.43. The molecule has 3 heterocycles. The third-order valence-corrected chi connectivity index (χ3v) is 5.01. The van der Waals surface area contributed by atoms with Crippen LogP contribution in [0.2, 0.25) is 0 Å². The molecule has 0 spiro atoms. The summed E-state index contributed by atoms with van der Waals surface area (Å²) in [5.41, 5.74) is 0.601. The van der Waals surface area contributed by atoms with Gasteiger partial charge in [0.05, 0.1) is 37.2 Å². The molecule has 1 amide bonds. The van der Waals surface area contributed by atoms with E-state index in [1.165, 1.54) is 12.5 Å². The molecule has 3 unspecified atom stereocenters. The Labute approximate surface area is 175 Å². The number of carboxylic acid groups (broad SMARTS) is 1. The first-order chi connectivity index (χ1) is 14.8. The van der Waals surface area contributed by atoms with Crippen LogP contribution in [0.25, 0.3) is 0 Å². The van der Waals surface area contributed by atoms with Gasteiger partial charge >= 0.3 is 12.1 Å². The summed E-state index contributed by atoms with van der Waals surface area (Å²) in [7, 11) is 0. The standard InChI is InChI=1S/C18H20N2O4.C2HF3O2/c21-18(14-4-7-22-12-14)20-6-8-23-16-10-13(9-15(16)20)11-24-17-3-1-2-5-19-17;3-2(4,5)1(6)7/h1-5,7,12-13,15-16H,6,8-11H2;(H,6,7). The minimum atomic E-state index is -5.08. The summed E-state index contributed by atoms with van der Waals surface area (Å²) >= 11 is 0. The van der Waals surface area contributed by atoms with Crippen molar-refractivity contribution in [2.45, 2.75) is 31.2 Å². The average Bonchev–Trinajstić information content (AvgIpc) is 3.42. The smallest absolute Gasteiger partial charge is 0.477 e. The maximum Gasteiger partial charge on any atom is 0.490 e. The minimum absolute atomic E-state index is 0.0216. The van der Waals surface area contributed by atoms with Crippen molar-refractivity contribution in [3.63, 3.8) is 0 Å². The lowest BCUT2D eigenvalue weighted by Gasteiger charge is -2.37. The minimum Gasteiger partial charge on any atom is -0.477 e. The first kappa shape index (κ1) is 22.6. The van der Waals surface area contributed by atoms with E-state index in [0.717, 1.165) is 12.8 Å². The van der Waals surface area contributed by atoms with Crippen LogP contribution < -0.4 is 4.74 Å². The number of carbonyl (C=O) groups is 2. The van der Waals surface area contributed by atoms with Crippen LogP contribution in [-0.4, -0.2) is 64.9 Å². The second-order valence-electron chi connectivity index (χ2n) is 7.11. The second-order valence-corrected chi connectivity index (χ2v) is 7.11. The van der Waals surface area contributed by atoms with Gasteiger partial charge in [-0.3, -0.25) is 4.79 Å². The van der Waals surface area contributed by atoms with Crippen LogP contribution in [0.4, 0.5) is 13.2 Å². The maximum absolute atomic E-state index is 12.7. The zero-order valence-electron chi connectivity index (χ0n) is 16.3. The van der Waals surface area contributed by atoms with Gasteiger partial charge in [0.2, 0.25) is 5.88 Å². The van der Waals surface area contributed by atoms with Crippen LogP contribution in [-0.2, 0) is 9.53 Å². The number of morpholine rings is 1. The number of furan rings is 1. The van der Waals surface area contributed by atoms with Crippen LogP contribution in [0.3, 0.4) is 0 Å². The summed E-state index contributed by atoms with van der Waals surface area (Å²) in [5, 5.41) is 7.12. The van der Waals surface area contributed by atoms with Gasteiger partial charge in [0, 0.05) is 18.8 Å². The third kappa shape index (κ3) is 5.97. The first-order valence-electron chi connectivity index (χ1n) is 9.54. The van der Waals surface area contributed by atoms with E-state index in [9.17, 15) is 18.0 Å². The molecule has 2 aromatic heterocycles.